The topological polar surface area (TPSA) is 112 Å². The molecule has 7 nitrogen and oxygen atoms in total. The Morgan fingerprint density at radius 1 is 1.03 bits per heavy atom. The summed E-state index contributed by atoms with van der Waals surface area (Å²) in [6, 6.07) is 14.5. The van der Waals surface area contributed by atoms with Gasteiger partial charge in [-0.05, 0) is 39.3 Å². The van der Waals surface area contributed by atoms with Crippen molar-refractivity contribution in [2.24, 2.45) is 0 Å². The van der Waals surface area contributed by atoms with Gasteiger partial charge in [-0.1, -0.05) is 42.5 Å². The summed E-state index contributed by atoms with van der Waals surface area (Å²) >= 11 is 0. The van der Waals surface area contributed by atoms with Crippen LogP contribution in [-0.2, 0) is 23.2 Å². The second-order valence-electron chi connectivity index (χ2n) is 8.61. The van der Waals surface area contributed by atoms with Gasteiger partial charge in [0.2, 0.25) is 10.0 Å². The molecule has 1 aromatic heterocycles. The molecule has 0 aliphatic heterocycles. The molecular weight excluding hydrogens is 426 g/mol. The number of sulfonamides is 1. The first-order valence-electron chi connectivity index (χ1n) is 10.3. The van der Waals surface area contributed by atoms with E-state index in [9.17, 15) is 18.6 Å². The highest BCUT2D eigenvalue weighted by Crippen LogP contribution is 2.35. The van der Waals surface area contributed by atoms with Crippen molar-refractivity contribution in [1.29, 1.82) is 0 Å². The Balaban J connectivity index is 2.12. The Bertz CT molecular complexity index is 1200. The number of hydrogen-bond acceptors (Lipinski definition) is 6. The van der Waals surface area contributed by atoms with Crippen LogP contribution in [0.4, 0.5) is 5.69 Å². The van der Waals surface area contributed by atoms with E-state index >= 15 is 0 Å². The number of anilines is 1. The number of nitrogens with one attached hydrogen (secondary N) is 2. The molecule has 0 spiro atoms. The molecular formula is C24H29N3O4S. The number of hydrogen-bond donors (Lipinski definition) is 4. The summed E-state index contributed by atoms with van der Waals surface area (Å²) in [6.07, 6.45) is 1.51. The smallest absolute Gasteiger partial charge is 0.243 e. The van der Waals surface area contributed by atoms with E-state index in [1.54, 1.807) is 45.9 Å². The monoisotopic (exact) mass is 455 g/mol. The minimum Gasteiger partial charge on any atom is -0.506 e. The summed E-state index contributed by atoms with van der Waals surface area (Å²) in [5, 5.41) is 23.3. The fourth-order valence-corrected chi connectivity index (χ4v) is 5.28. The lowest BCUT2D eigenvalue weighted by molar-refractivity contribution is 0.279. The van der Waals surface area contributed by atoms with Crippen LogP contribution in [0.1, 0.15) is 37.6 Å². The molecule has 170 valence electrons. The first kappa shape index (κ1) is 23.7. The van der Waals surface area contributed by atoms with Gasteiger partial charge in [-0.3, -0.25) is 4.98 Å². The highest BCUT2D eigenvalue weighted by Gasteiger charge is 2.28. The molecule has 0 aliphatic rings. The number of aryl methyl sites for hydroxylation is 1. The SMILES string of the molecule is Cc1ncc(CO)c(CNc2cccc(-c3ccccc3)c2S(=O)(=O)NC(C)(C)C)c1O. The Morgan fingerprint density at radius 2 is 1.72 bits per heavy atom. The number of rotatable bonds is 7. The van der Waals surface area contributed by atoms with Gasteiger partial charge in [0.1, 0.15) is 10.6 Å². The molecule has 0 atom stereocenters. The Labute approximate surface area is 189 Å². The van der Waals surface area contributed by atoms with Gasteiger partial charge >= 0.3 is 0 Å². The Hall–Kier alpha value is -2.94. The van der Waals surface area contributed by atoms with E-state index in [-0.39, 0.29) is 23.8 Å². The molecule has 0 unspecified atom stereocenters. The standard InChI is InChI=1S/C24H29N3O4S/c1-16-22(29)20(18(15-28)13-25-16)14-26-21-12-8-11-19(17-9-6-5-7-10-17)23(21)32(30,31)27-24(2,3)4/h5-13,26-29H,14-15H2,1-4H3. The van der Waals surface area contributed by atoms with Crippen LogP contribution in [0.5, 0.6) is 5.75 Å². The van der Waals surface area contributed by atoms with Gasteiger partial charge in [0, 0.05) is 35.0 Å². The first-order chi connectivity index (χ1) is 15.0. The average molecular weight is 456 g/mol. The van der Waals surface area contributed by atoms with Crippen molar-refractivity contribution in [1.82, 2.24) is 9.71 Å². The highest BCUT2D eigenvalue weighted by molar-refractivity contribution is 7.89. The van der Waals surface area contributed by atoms with E-state index in [4.69, 9.17) is 0 Å². The van der Waals surface area contributed by atoms with Crippen molar-refractivity contribution in [3.63, 3.8) is 0 Å². The molecule has 0 aliphatic carbocycles. The molecule has 3 aromatic rings. The molecule has 0 amide bonds. The van der Waals surface area contributed by atoms with Crippen molar-refractivity contribution in [3.05, 3.63) is 71.5 Å². The van der Waals surface area contributed by atoms with E-state index in [1.807, 2.05) is 30.3 Å². The second kappa shape index (κ2) is 9.28. The predicted molar refractivity (Wildman–Crippen MR) is 126 cm³/mol. The number of aromatic nitrogens is 1. The van der Waals surface area contributed by atoms with Gasteiger partial charge < -0.3 is 15.5 Å². The zero-order valence-corrected chi connectivity index (χ0v) is 19.5. The molecule has 3 rings (SSSR count). The minimum atomic E-state index is -3.90. The maximum atomic E-state index is 13.5. The van der Waals surface area contributed by atoms with E-state index in [0.717, 1.165) is 5.56 Å². The van der Waals surface area contributed by atoms with Gasteiger partial charge in [0.05, 0.1) is 18.0 Å². The first-order valence-corrected chi connectivity index (χ1v) is 11.8. The molecule has 32 heavy (non-hydrogen) atoms. The summed E-state index contributed by atoms with van der Waals surface area (Å²) < 4.78 is 29.7. The minimum absolute atomic E-state index is 0.0273. The zero-order valence-electron chi connectivity index (χ0n) is 18.7. The summed E-state index contributed by atoms with van der Waals surface area (Å²) in [5.41, 5.74) is 2.41. The molecule has 4 N–H and O–H groups in total. The van der Waals surface area contributed by atoms with E-state index in [1.165, 1.54) is 6.20 Å². The number of aliphatic hydroxyl groups is 1. The summed E-state index contributed by atoms with van der Waals surface area (Å²) in [7, 11) is -3.90. The van der Waals surface area contributed by atoms with Gasteiger partial charge in [-0.25, -0.2) is 13.1 Å². The maximum Gasteiger partial charge on any atom is 0.243 e. The molecule has 1 heterocycles. The Kier molecular flexibility index (Phi) is 6.88. The normalized spacial score (nSPS) is 12.0. The number of aromatic hydroxyl groups is 1. The van der Waals surface area contributed by atoms with Crippen LogP contribution in [0, 0.1) is 6.92 Å². The molecule has 2 aromatic carbocycles. The highest BCUT2D eigenvalue weighted by atomic mass is 32.2. The lowest BCUT2D eigenvalue weighted by Gasteiger charge is -2.24. The Morgan fingerprint density at radius 3 is 2.34 bits per heavy atom. The molecule has 8 heteroatoms. The van der Waals surface area contributed by atoms with Crippen LogP contribution < -0.4 is 10.0 Å². The van der Waals surface area contributed by atoms with Crippen LogP contribution in [0.25, 0.3) is 11.1 Å². The van der Waals surface area contributed by atoms with Crippen molar-refractivity contribution >= 4 is 15.7 Å². The lowest BCUT2D eigenvalue weighted by atomic mass is 10.0. The van der Waals surface area contributed by atoms with Crippen LogP contribution in [0.3, 0.4) is 0 Å². The summed E-state index contributed by atoms with van der Waals surface area (Å²) in [5.74, 6) is -0.0273. The number of pyridine rings is 1. The quantitative estimate of drug-likeness (QED) is 0.429. The van der Waals surface area contributed by atoms with Gasteiger partial charge in [0.25, 0.3) is 0 Å². The number of benzene rings is 2. The molecule has 0 saturated carbocycles. The second-order valence-corrected chi connectivity index (χ2v) is 10.2. The maximum absolute atomic E-state index is 13.5. The fraction of sp³-hybridized carbons (Fsp3) is 0.292. The zero-order chi connectivity index (χ0) is 23.5. The van der Waals surface area contributed by atoms with Crippen LogP contribution in [0.15, 0.2) is 59.6 Å². The molecule has 0 fully saturated rings. The van der Waals surface area contributed by atoms with Crippen molar-refractivity contribution in [2.45, 2.75) is 51.3 Å². The average Bonchev–Trinajstić information content (AvgIpc) is 2.73. The van der Waals surface area contributed by atoms with Crippen LogP contribution >= 0.6 is 0 Å². The van der Waals surface area contributed by atoms with Crippen molar-refractivity contribution in [3.8, 4) is 16.9 Å². The number of aliphatic hydroxyl groups excluding tert-OH is 1. The largest absolute Gasteiger partial charge is 0.506 e. The van der Waals surface area contributed by atoms with E-state index in [0.29, 0.717) is 28.1 Å². The van der Waals surface area contributed by atoms with E-state index < -0.39 is 15.6 Å². The predicted octanol–water partition coefficient (Wildman–Crippen LogP) is 3.94. The third kappa shape index (κ3) is 5.27. The van der Waals surface area contributed by atoms with E-state index in [2.05, 4.69) is 15.0 Å². The summed E-state index contributed by atoms with van der Waals surface area (Å²) in [6.45, 7) is 6.84. The van der Waals surface area contributed by atoms with Crippen LogP contribution in [-0.4, -0.2) is 29.2 Å². The molecule has 0 bridgehead atoms. The lowest BCUT2D eigenvalue weighted by Crippen LogP contribution is -2.40. The third-order valence-electron chi connectivity index (χ3n) is 4.87. The van der Waals surface area contributed by atoms with Crippen LogP contribution in [0.2, 0.25) is 0 Å². The summed E-state index contributed by atoms with van der Waals surface area (Å²) in [4.78, 5) is 4.19. The van der Waals surface area contributed by atoms with Gasteiger partial charge in [0.15, 0.2) is 0 Å². The molecule has 0 radical (unpaired) electrons. The number of nitrogens with zero attached hydrogens (tertiary/aromatic N) is 1. The fourth-order valence-electron chi connectivity index (χ4n) is 3.47. The van der Waals surface area contributed by atoms with Gasteiger partial charge in [-0.2, -0.15) is 0 Å². The molecule has 0 saturated heterocycles. The van der Waals surface area contributed by atoms with Crippen molar-refractivity contribution < 1.29 is 18.6 Å². The van der Waals surface area contributed by atoms with Gasteiger partial charge in [-0.15, -0.1) is 0 Å². The third-order valence-corrected chi connectivity index (χ3v) is 6.72. The van der Waals surface area contributed by atoms with Crippen molar-refractivity contribution in [2.75, 3.05) is 5.32 Å².